The number of hydrogen-bond donors (Lipinski definition) is 1. The topological polar surface area (TPSA) is 15.3 Å². The fraction of sp³-hybridized carbons (Fsp3) is 0.778. The van der Waals surface area contributed by atoms with Gasteiger partial charge in [0.1, 0.15) is 0 Å². The lowest BCUT2D eigenvalue weighted by Gasteiger charge is -2.16. The van der Waals surface area contributed by atoms with E-state index in [9.17, 15) is 0 Å². The van der Waals surface area contributed by atoms with Crippen LogP contribution in [0.1, 0.15) is 12.8 Å². The Morgan fingerprint density at radius 3 is 2.55 bits per heavy atom. The quantitative estimate of drug-likeness (QED) is 0.593. The van der Waals surface area contributed by atoms with Gasteiger partial charge in [0.25, 0.3) is 0 Å². The molecular weight excluding hydrogens is 136 g/mol. The zero-order valence-electron chi connectivity index (χ0n) is 7.56. The molecule has 0 aromatic carbocycles. The molecule has 1 aliphatic heterocycles. The van der Waals surface area contributed by atoms with Gasteiger partial charge in [-0.3, -0.25) is 0 Å². The van der Waals surface area contributed by atoms with Crippen LogP contribution in [0.2, 0.25) is 0 Å². The highest BCUT2D eigenvalue weighted by molar-refractivity contribution is 5.06. The third-order valence-electron chi connectivity index (χ3n) is 1.99. The molecule has 0 atom stereocenters. The van der Waals surface area contributed by atoms with E-state index in [0.29, 0.717) is 0 Å². The predicted molar refractivity (Wildman–Crippen MR) is 48.7 cm³/mol. The van der Waals surface area contributed by atoms with Gasteiger partial charge in [-0.15, -0.1) is 0 Å². The summed E-state index contributed by atoms with van der Waals surface area (Å²) in [4.78, 5) is 2.20. The molecule has 0 spiro atoms. The summed E-state index contributed by atoms with van der Waals surface area (Å²) in [6.07, 6.45) is 4.85. The maximum Gasteiger partial charge on any atom is 0.0159 e. The average molecular weight is 154 g/mol. The third kappa shape index (κ3) is 3.54. The molecule has 0 bridgehead atoms. The minimum Gasteiger partial charge on any atom is -0.316 e. The molecule has 1 rings (SSSR count). The highest BCUT2D eigenvalue weighted by Gasteiger charge is 2.02. The van der Waals surface area contributed by atoms with Crippen molar-refractivity contribution in [2.45, 2.75) is 12.8 Å². The predicted octanol–water partition coefficient (Wildman–Crippen LogP) is 0.858. The number of rotatable bonds is 2. The summed E-state index contributed by atoms with van der Waals surface area (Å²) >= 11 is 0. The van der Waals surface area contributed by atoms with Crippen LogP contribution in [0.5, 0.6) is 0 Å². The molecule has 1 aliphatic rings. The van der Waals surface area contributed by atoms with E-state index in [1.807, 2.05) is 0 Å². The Morgan fingerprint density at radius 1 is 1.36 bits per heavy atom. The van der Waals surface area contributed by atoms with Gasteiger partial charge >= 0.3 is 0 Å². The van der Waals surface area contributed by atoms with Crippen molar-refractivity contribution in [1.82, 2.24) is 10.2 Å². The minimum absolute atomic E-state index is 1.09. The van der Waals surface area contributed by atoms with Crippen molar-refractivity contribution in [2.75, 3.05) is 33.7 Å². The molecule has 11 heavy (non-hydrogen) atoms. The van der Waals surface area contributed by atoms with Gasteiger partial charge < -0.3 is 10.2 Å². The summed E-state index contributed by atoms with van der Waals surface area (Å²) in [6, 6.07) is 0. The molecule has 0 amide bonds. The van der Waals surface area contributed by atoms with Crippen LogP contribution in [0, 0.1) is 0 Å². The SMILES string of the molecule is CN(C)CC=C1CCNCC1. The molecule has 64 valence electrons. The molecule has 1 fully saturated rings. The van der Waals surface area contributed by atoms with Crippen LogP contribution in [-0.4, -0.2) is 38.6 Å². The number of hydrogen-bond acceptors (Lipinski definition) is 2. The van der Waals surface area contributed by atoms with E-state index in [4.69, 9.17) is 0 Å². The standard InChI is InChI=1S/C9H18N2/c1-11(2)8-5-9-3-6-10-7-4-9/h5,10H,3-4,6-8H2,1-2H3. The number of likely N-dealkylation sites (N-methyl/N-ethyl adjacent to an activating group) is 1. The lowest BCUT2D eigenvalue weighted by molar-refractivity contribution is 0.453. The van der Waals surface area contributed by atoms with Gasteiger partial charge in [0.15, 0.2) is 0 Å². The molecule has 0 aromatic rings. The fourth-order valence-corrected chi connectivity index (χ4v) is 1.26. The normalized spacial score (nSPS) is 19.0. The van der Waals surface area contributed by atoms with Crippen molar-refractivity contribution < 1.29 is 0 Å². The molecule has 1 heterocycles. The minimum atomic E-state index is 1.09. The first-order valence-corrected chi connectivity index (χ1v) is 4.32. The lowest BCUT2D eigenvalue weighted by atomic mass is 10.1. The first kappa shape index (κ1) is 8.75. The van der Waals surface area contributed by atoms with E-state index in [1.54, 1.807) is 5.57 Å². The molecule has 2 heteroatoms. The first-order valence-electron chi connectivity index (χ1n) is 4.32. The van der Waals surface area contributed by atoms with Crippen LogP contribution < -0.4 is 5.32 Å². The second-order valence-electron chi connectivity index (χ2n) is 3.37. The number of nitrogens with one attached hydrogen (secondary N) is 1. The van der Waals surface area contributed by atoms with Crippen molar-refractivity contribution >= 4 is 0 Å². The van der Waals surface area contributed by atoms with Crippen molar-refractivity contribution in [3.8, 4) is 0 Å². The highest BCUT2D eigenvalue weighted by atomic mass is 15.0. The molecule has 0 aromatic heterocycles. The highest BCUT2D eigenvalue weighted by Crippen LogP contribution is 2.08. The van der Waals surface area contributed by atoms with Gasteiger partial charge in [0.05, 0.1) is 0 Å². The second kappa shape index (κ2) is 4.52. The Bertz CT molecular complexity index is 130. The number of nitrogens with zero attached hydrogens (tertiary/aromatic N) is 1. The van der Waals surface area contributed by atoms with Crippen molar-refractivity contribution in [3.63, 3.8) is 0 Å². The van der Waals surface area contributed by atoms with Crippen LogP contribution in [0.15, 0.2) is 11.6 Å². The van der Waals surface area contributed by atoms with E-state index in [1.165, 1.54) is 25.9 Å². The van der Waals surface area contributed by atoms with Gasteiger partial charge in [0, 0.05) is 6.54 Å². The fourth-order valence-electron chi connectivity index (χ4n) is 1.26. The zero-order chi connectivity index (χ0) is 8.10. The Hall–Kier alpha value is -0.340. The van der Waals surface area contributed by atoms with Crippen LogP contribution in [-0.2, 0) is 0 Å². The smallest absolute Gasteiger partial charge is 0.0159 e. The van der Waals surface area contributed by atoms with Crippen LogP contribution in [0.3, 0.4) is 0 Å². The average Bonchev–Trinajstić information content (AvgIpc) is 2.03. The van der Waals surface area contributed by atoms with E-state index in [-0.39, 0.29) is 0 Å². The largest absolute Gasteiger partial charge is 0.316 e. The van der Waals surface area contributed by atoms with Crippen LogP contribution >= 0.6 is 0 Å². The molecule has 1 saturated heterocycles. The second-order valence-corrected chi connectivity index (χ2v) is 3.37. The summed E-state index contributed by atoms with van der Waals surface area (Å²) in [7, 11) is 4.22. The van der Waals surface area contributed by atoms with Crippen molar-refractivity contribution in [1.29, 1.82) is 0 Å². The van der Waals surface area contributed by atoms with Gasteiger partial charge in [-0.1, -0.05) is 11.6 Å². The van der Waals surface area contributed by atoms with E-state index in [2.05, 4.69) is 30.4 Å². The molecular formula is C9H18N2. The van der Waals surface area contributed by atoms with Gasteiger partial charge in [-0.05, 0) is 40.0 Å². The Labute approximate surface area is 69.3 Å². The Morgan fingerprint density at radius 2 is 2.00 bits per heavy atom. The molecule has 2 nitrogen and oxygen atoms in total. The van der Waals surface area contributed by atoms with Crippen molar-refractivity contribution in [2.24, 2.45) is 0 Å². The molecule has 0 saturated carbocycles. The Balaban J connectivity index is 2.26. The van der Waals surface area contributed by atoms with E-state index in [0.717, 1.165) is 6.54 Å². The summed E-state index contributed by atoms with van der Waals surface area (Å²) in [5, 5.41) is 3.35. The zero-order valence-corrected chi connectivity index (χ0v) is 7.56. The first-order chi connectivity index (χ1) is 5.29. The van der Waals surface area contributed by atoms with E-state index < -0.39 is 0 Å². The summed E-state index contributed by atoms with van der Waals surface area (Å²) < 4.78 is 0. The van der Waals surface area contributed by atoms with Gasteiger partial charge in [-0.25, -0.2) is 0 Å². The Kier molecular flexibility index (Phi) is 3.60. The molecule has 0 aliphatic carbocycles. The monoisotopic (exact) mass is 154 g/mol. The van der Waals surface area contributed by atoms with Gasteiger partial charge in [0.2, 0.25) is 0 Å². The summed E-state index contributed by atoms with van der Waals surface area (Å²) in [5.74, 6) is 0. The summed E-state index contributed by atoms with van der Waals surface area (Å²) in [5.41, 5.74) is 1.62. The maximum absolute atomic E-state index is 3.35. The lowest BCUT2D eigenvalue weighted by Crippen LogP contribution is -2.23. The van der Waals surface area contributed by atoms with Crippen LogP contribution in [0.25, 0.3) is 0 Å². The summed E-state index contributed by atoms with van der Waals surface area (Å²) in [6.45, 7) is 3.42. The van der Waals surface area contributed by atoms with Crippen molar-refractivity contribution in [3.05, 3.63) is 11.6 Å². The van der Waals surface area contributed by atoms with Gasteiger partial charge in [-0.2, -0.15) is 0 Å². The third-order valence-corrected chi connectivity index (χ3v) is 1.99. The molecule has 1 N–H and O–H groups in total. The maximum atomic E-state index is 3.35. The molecule has 0 unspecified atom stereocenters. The number of piperidine rings is 1. The van der Waals surface area contributed by atoms with E-state index >= 15 is 0 Å². The molecule has 0 radical (unpaired) electrons. The van der Waals surface area contributed by atoms with Crippen LogP contribution in [0.4, 0.5) is 0 Å².